The van der Waals surface area contributed by atoms with E-state index >= 15 is 0 Å². The second-order valence-corrected chi connectivity index (χ2v) is 8.60. The Labute approximate surface area is 164 Å². The van der Waals surface area contributed by atoms with Crippen LogP contribution in [0.4, 0.5) is 5.82 Å². The first-order chi connectivity index (χ1) is 12.3. The Morgan fingerprint density at radius 1 is 1.33 bits per heavy atom. The van der Waals surface area contributed by atoms with E-state index in [-0.39, 0.29) is 24.6 Å². The van der Waals surface area contributed by atoms with E-state index in [0.717, 1.165) is 35.2 Å². The summed E-state index contributed by atoms with van der Waals surface area (Å²) in [5, 5.41) is 2.65. The van der Waals surface area contributed by atoms with Crippen molar-refractivity contribution in [2.75, 3.05) is 23.9 Å². The van der Waals surface area contributed by atoms with E-state index in [4.69, 9.17) is 10.5 Å². The summed E-state index contributed by atoms with van der Waals surface area (Å²) in [6, 6.07) is 10.3. The minimum atomic E-state index is -3.16. The summed E-state index contributed by atoms with van der Waals surface area (Å²) in [7, 11) is -3.16. The average molecular weight is 412 g/mol. The Kier molecular flexibility index (Phi) is 6.80. The van der Waals surface area contributed by atoms with Crippen molar-refractivity contribution >= 4 is 34.0 Å². The van der Waals surface area contributed by atoms with E-state index in [1.165, 1.54) is 0 Å². The van der Waals surface area contributed by atoms with E-state index in [2.05, 4.69) is 10.3 Å². The molecule has 1 aliphatic rings. The number of sulfone groups is 1. The Hall–Kier alpha value is -2.16. The van der Waals surface area contributed by atoms with E-state index in [0.29, 0.717) is 12.4 Å². The summed E-state index contributed by atoms with van der Waals surface area (Å²) in [6.45, 7) is 0.688. The first-order valence-corrected chi connectivity index (χ1v) is 10.4. The molecule has 146 valence electrons. The van der Waals surface area contributed by atoms with E-state index in [1.807, 2.05) is 24.3 Å². The lowest BCUT2D eigenvalue weighted by molar-refractivity contribution is -0.117. The monoisotopic (exact) mass is 411 g/mol. The van der Waals surface area contributed by atoms with Gasteiger partial charge in [-0.25, -0.2) is 13.4 Å². The molecule has 1 unspecified atom stereocenters. The smallest absolute Gasteiger partial charge is 0.242 e. The molecule has 1 amide bonds. The predicted octanol–water partition coefficient (Wildman–Crippen LogP) is 1.81. The Morgan fingerprint density at radius 2 is 2.11 bits per heavy atom. The third-order valence-electron chi connectivity index (χ3n) is 4.12. The summed E-state index contributed by atoms with van der Waals surface area (Å²) in [6.07, 6.45) is 2.05. The molecule has 2 heterocycles. The number of halogens is 1. The number of anilines is 1. The fourth-order valence-electron chi connectivity index (χ4n) is 2.70. The molecule has 1 atom stereocenters. The topological polar surface area (TPSA) is 111 Å². The summed E-state index contributed by atoms with van der Waals surface area (Å²) in [5.41, 5.74) is 8.57. The SMILES string of the molecule is CS(=O)(=O)CCC(N)C(=O)Nc1cccc(-c2ccc3c(c2)CCO3)n1.Cl. The van der Waals surface area contributed by atoms with Gasteiger partial charge in [0.1, 0.15) is 21.4 Å². The molecule has 2 aromatic rings. The van der Waals surface area contributed by atoms with Crippen LogP contribution in [0.25, 0.3) is 11.3 Å². The van der Waals surface area contributed by atoms with Crippen LogP contribution in [0.15, 0.2) is 36.4 Å². The molecule has 3 rings (SSSR count). The van der Waals surface area contributed by atoms with Crippen LogP contribution >= 0.6 is 12.4 Å². The number of carbonyl (C=O) groups is 1. The fraction of sp³-hybridized carbons (Fsp3) is 0.333. The van der Waals surface area contributed by atoms with Gasteiger partial charge in [0.2, 0.25) is 5.91 Å². The Bertz CT molecular complexity index is 934. The highest BCUT2D eigenvalue weighted by Gasteiger charge is 2.17. The number of fused-ring (bicyclic) bond motifs is 1. The highest BCUT2D eigenvalue weighted by molar-refractivity contribution is 7.90. The molecule has 0 bridgehead atoms. The molecule has 9 heteroatoms. The number of rotatable bonds is 6. The first-order valence-electron chi connectivity index (χ1n) is 8.29. The normalized spacial score (nSPS) is 13.9. The number of pyridine rings is 1. The third kappa shape index (κ3) is 5.66. The molecule has 0 fully saturated rings. The van der Waals surface area contributed by atoms with Gasteiger partial charge in [0, 0.05) is 18.2 Å². The van der Waals surface area contributed by atoms with Crippen LogP contribution in [0.5, 0.6) is 5.75 Å². The van der Waals surface area contributed by atoms with Crippen molar-refractivity contribution < 1.29 is 17.9 Å². The van der Waals surface area contributed by atoms with E-state index in [9.17, 15) is 13.2 Å². The molecular formula is C18H22ClN3O4S. The largest absolute Gasteiger partial charge is 0.493 e. The van der Waals surface area contributed by atoms with Gasteiger partial charge in [-0.05, 0) is 42.3 Å². The lowest BCUT2D eigenvalue weighted by Crippen LogP contribution is -2.37. The average Bonchev–Trinajstić information content (AvgIpc) is 3.07. The zero-order valence-electron chi connectivity index (χ0n) is 14.8. The number of nitrogens with zero attached hydrogens (tertiary/aromatic N) is 1. The van der Waals surface area contributed by atoms with Gasteiger partial charge in [0.05, 0.1) is 24.1 Å². The number of ether oxygens (including phenoxy) is 1. The van der Waals surface area contributed by atoms with Crippen molar-refractivity contribution in [2.45, 2.75) is 18.9 Å². The van der Waals surface area contributed by atoms with Crippen LogP contribution < -0.4 is 15.8 Å². The maximum Gasteiger partial charge on any atom is 0.242 e. The van der Waals surface area contributed by atoms with Crippen LogP contribution in [0.2, 0.25) is 0 Å². The number of aromatic nitrogens is 1. The summed E-state index contributed by atoms with van der Waals surface area (Å²) < 4.78 is 27.9. The first kappa shape index (κ1) is 21.1. The van der Waals surface area contributed by atoms with E-state index in [1.54, 1.807) is 12.1 Å². The highest BCUT2D eigenvalue weighted by atomic mass is 35.5. The molecule has 1 aromatic heterocycles. The van der Waals surface area contributed by atoms with Crippen molar-refractivity contribution in [2.24, 2.45) is 5.73 Å². The van der Waals surface area contributed by atoms with Gasteiger partial charge >= 0.3 is 0 Å². The minimum Gasteiger partial charge on any atom is -0.493 e. The molecule has 3 N–H and O–H groups in total. The van der Waals surface area contributed by atoms with Crippen molar-refractivity contribution in [3.8, 4) is 17.0 Å². The molecule has 0 spiro atoms. The lowest BCUT2D eigenvalue weighted by atomic mass is 10.1. The van der Waals surface area contributed by atoms with Crippen LogP contribution in [0.3, 0.4) is 0 Å². The van der Waals surface area contributed by atoms with Crippen LogP contribution in [0, 0.1) is 0 Å². The summed E-state index contributed by atoms with van der Waals surface area (Å²) >= 11 is 0. The predicted molar refractivity (Wildman–Crippen MR) is 107 cm³/mol. The number of carbonyl (C=O) groups excluding carboxylic acids is 1. The summed E-state index contributed by atoms with van der Waals surface area (Å²) in [5.74, 6) is 0.682. The quantitative estimate of drug-likeness (QED) is 0.749. The number of benzene rings is 1. The number of nitrogens with one attached hydrogen (secondary N) is 1. The third-order valence-corrected chi connectivity index (χ3v) is 5.10. The van der Waals surface area contributed by atoms with Gasteiger partial charge in [0.25, 0.3) is 0 Å². The maximum absolute atomic E-state index is 12.1. The standard InChI is InChI=1S/C18H21N3O4S.ClH/c1-26(23,24)10-8-14(19)18(22)21-17-4-2-3-15(20-17)12-5-6-16-13(11-12)7-9-25-16;/h2-6,11,14H,7-10,19H2,1H3,(H,20,21,22);1H. The molecule has 0 aliphatic carbocycles. The van der Waals surface area contributed by atoms with Gasteiger partial charge in [-0.15, -0.1) is 12.4 Å². The second kappa shape index (κ2) is 8.69. The van der Waals surface area contributed by atoms with Gasteiger partial charge in [-0.1, -0.05) is 6.07 Å². The highest BCUT2D eigenvalue weighted by Crippen LogP contribution is 2.30. The van der Waals surface area contributed by atoms with Gasteiger partial charge in [0.15, 0.2) is 0 Å². The van der Waals surface area contributed by atoms with Crippen molar-refractivity contribution in [3.63, 3.8) is 0 Å². The van der Waals surface area contributed by atoms with Crippen LogP contribution in [-0.4, -0.2) is 44.0 Å². The zero-order chi connectivity index (χ0) is 18.7. The Morgan fingerprint density at radius 3 is 2.85 bits per heavy atom. The van der Waals surface area contributed by atoms with Gasteiger partial charge < -0.3 is 15.8 Å². The molecule has 7 nitrogen and oxygen atoms in total. The zero-order valence-corrected chi connectivity index (χ0v) is 16.5. The molecule has 0 radical (unpaired) electrons. The fourth-order valence-corrected chi connectivity index (χ4v) is 3.38. The van der Waals surface area contributed by atoms with Crippen LogP contribution in [-0.2, 0) is 21.1 Å². The molecule has 1 aromatic carbocycles. The van der Waals surface area contributed by atoms with Crippen molar-refractivity contribution in [1.82, 2.24) is 4.98 Å². The van der Waals surface area contributed by atoms with Crippen LogP contribution in [0.1, 0.15) is 12.0 Å². The minimum absolute atomic E-state index is 0. The summed E-state index contributed by atoms with van der Waals surface area (Å²) in [4.78, 5) is 16.6. The lowest BCUT2D eigenvalue weighted by Gasteiger charge is -2.12. The maximum atomic E-state index is 12.1. The molecule has 0 saturated heterocycles. The number of hydrogen-bond acceptors (Lipinski definition) is 6. The van der Waals surface area contributed by atoms with Gasteiger partial charge in [-0.3, -0.25) is 4.79 Å². The van der Waals surface area contributed by atoms with Crippen molar-refractivity contribution in [3.05, 3.63) is 42.0 Å². The number of hydrogen-bond donors (Lipinski definition) is 2. The number of amides is 1. The number of nitrogens with two attached hydrogens (primary N) is 1. The molecule has 27 heavy (non-hydrogen) atoms. The molecular weight excluding hydrogens is 390 g/mol. The van der Waals surface area contributed by atoms with Crippen molar-refractivity contribution in [1.29, 1.82) is 0 Å². The second-order valence-electron chi connectivity index (χ2n) is 6.34. The molecule has 0 saturated carbocycles. The van der Waals surface area contributed by atoms with E-state index < -0.39 is 21.8 Å². The molecule has 1 aliphatic heterocycles. The Balaban J connectivity index is 0.00000261. The van der Waals surface area contributed by atoms with Gasteiger partial charge in [-0.2, -0.15) is 0 Å².